The van der Waals surface area contributed by atoms with Crippen LogP contribution in [0.1, 0.15) is 25.5 Å². The number of hydrogen-bond donors (Lipinski definition) is 2. The van der Waals surface area contributed by atoms with Gasteiger partial charge in [-0.3, -0.25) is 10.3 Å². The molecule has 1 fully saturated rings. The predicted octanol–water partition coefficient (Wildman–Crippen LogP) is 1.87. The molecule has 5 heteroatoms. The molecule has 106 valence electrons. The minimum absolute atomic E-state index is 0.116. The molecule has 1 aliphatic heterocycles. The maximum atomic E-state index is 7.69. The van der Waals surface area contributed by atoms with Crippen LogP contribution in [-0.2, 0) is 6.54 Å². The molecule has 2 aromatic rings. The summed E-state index contributed by atoms with van der Waals surface area (Å²) >= 11 is 0. The van der Waals surface area contributed by atoms with Gasteiger partial charge >= 0.3 is 0 Å². The van der Waals surface area contributed by atoms with Crippen LogP contribution in [0.15, 0.2) is 30.6 Å². The number of nitrogens with two attached hydrogens (primary N) is 1. The lowest BCUT2D eigenvalue weighted by atomic mass is 9.79. The van der Waals surface area contributed by atoms with Crippen LogP contribution in [0, 0.1) is 10.8 Å². The van der Waals surface area contributed by atoms with E-state index in [0.717, 1.165) is 43.8 Å². The summed E-state index contributed by atoms with van der Waals surface area (Å²) in [5, 5.41) is 7.69. The lowest BCUT2D eigenvalue weighted by Crippen LogP contribution is -2.44. The number of amidine groups is 1. The molecule has 0 bridgehead atoms. The topological polar surface area (TPSA) is 70.4 Å². The van der Waals surface area contributed by atoms with Crippen molar-refractivity contribution in [1.29, 1.82) is 5.41 Å². The van der Waals surface area contributed by atoms with Crippen molar-refractivity contribution in [3.63, 3.8) is 0 Å². The molecule has 0 amide bonds. The number of fused-ring (bicyclic) bond motifs is 1. The Morgan fingerprint density at radius 3 is 2.80 bits per heavy atom. The Labute approximate surface area is 118 Å². The fourth-order valence-electron chi connectivity index (χ4n) is 2.77. The molecule has 0 radical (unpaired) electrons. The number of rotatable bonds is 3. The van der Waals surface area contributed by atoms with Gasteiger partial charge in [0.1, 0.15) is 5.65 Å². The van der Waals surface area contributed by atoms with Gasteiger partial charge in [-0.25, -0.2) is 4.98 Å². The Morgan fingerprint density at radius 1 is 1.40 bits per heavy atom. The molecule has 0 aromatic carbocycles. The fraction of sp³-hybridized carbons (Fsp3) is 0.467. The SMILES string of the molecule is CC1(C(=N)N)CCN(Cc2cn3ccccc3n2)CC1. The van der Waals surface area contributed by atoms with Crippen molar-refractivity contribution in [1.82, 2.24) is 14.3 Å². The highest BCUT2D eigenvalue weighted by Crippen LogP contribution is 2.31. The summed E-state index contributed by atoms with van der Waals surface area (Å²) in [5.41, 5.74) is 7.68. The van der Waals surface area contributed by atoms with E-state index in [-0.39, 0.29) is 5.41 Å². The van der Waals surface area contributed by atoms with Crippen molar-refractivity contribution in [2.75, 3.05) is 13.1 Å². The Kier molecular flexibility index (Phi) is 3.22. The average Bonchev–Trinajstić information content (AvgIpc) is 2.83. The minimum atomic E-state index is -0.116. The van der Waals surface area contributed by atoms with Crippen molar-refractivity contribution in [2.45, 2.75) is 26.3 Å². The summed E-state index contributed by atoms with van der Waals surface area (Å²) in [6, 6.07) is 6.04. The Hall–Kier alpha value is -1.88. The maximum Gasteiger partial charge on any atom is 0.137 e. The number of nitrogens with zero attached hydrogens (tertiary/aromatic N) is 3. The van der Waals surface area contributed by atoms with E-state index in [1.165, 1.54) is 0 Å². The highest BCUT2D eigenvalue weighted by atomic mass is 15.1. The van der Waals surface area contributed by atoms with Gasteiger partial charge in [-0.1, -0.05) is 13.0 Å². The van der Waals surface area contributed by atoms with E-state index in [1.807, 2.05) is 24.4 Å². The van der Waals surface area contributed by atoms with E-state index in [0.29, 0.717) is 5.84 Å². The first-order valence-corrected chi connectivity index (χ1v) is 7.06. The molecule has 2 aromatic heterocycles. The zero-order valence-corrected chi connectivity index (χ0v) is 11.8. The van der Waals surface area contributed by atoms with Crippen molar-refractivity contribution in [3.8, 4) is 0 Å². The second-order valence-electron chi connectivity index (χ2n) is 5.95. The molecule has 5 nitrogen and oxygen atoms in total. The molecule has 0 spiro atoms. The van der Waals surface area contributed by atoms with Crippen molar-refractivity contribution in [3.05, 3.63) is 36.3 Å². The summed E-state index contributed by atoms with van der Waals surface area (Å²) in [5.74, 6) is 0.324. The van der Waals surface area contributed by atoms with E-state index in [1.54, 1.807) is 0 Å². The highest BCUT2D eigenvalue weighted by Gasteiger charge is 2.32. The molecule has 0 saturated carbocycles. The van der Waals surface area contributed by atoms with Gasteiger partial charge in [0, 0.05) is 24.4 Å². The van der Waals surface area contributed by atoms with Crippen LogP contribution < -0.4 is 5.73 Å². The summed E-state index contributed by atoms with van der Waals surface area (Å²) < 4.78 is 2.05. The van der Waals surface area contributed by atoms with Crippen molar-refractivity contribution >= 4 is 11.5 Å². The quantitative estimate of drug-likeness (QED) is 0.661. The van der Waals surface area contributed by atoms with Crippen LogP contribution in [0.25, 0.3) is 5.65 Å². The molecule has 0 unspecified atom stereocenters. The zero-order chi connectivity index (χ0) is 14.2. The molecule has 0 atom stereocenters. The fourth-order valence-corrected chi connectivity index (χ4v) is 2.77. The highest BCUT2D eigenvalue weighted by molar-refractivity contribution is 5.83. The number of piperidine rings is 1. The maximum absolute atomic E-state index is 7.69. The molecule has 3 rings (SSSR count). The third-order valence-corrected chi connectivity index (χ3v) is 4.41. The van der Waals surface area contributed by atoms with Crippen LogP contribution >= 0.6 is 0 Å². The van der Waals surface area contributed by atoms with E-state index in [2.05, 4.69) is 27.4 Å². The van der Waals surface area contributed by atoms with Gasteiger partial charge in [-0.15, -0.1) is 0 Å². The summed E-state index contributed by atoms with van der Waals surface area (Å²) in [4.78, 5) is 7.03. The molecule has 20 heavy (non-hydrogen) atoms. The monoisotopic (exact) mass is 271 g/mol. The van der Waals surface area contributed by atoms with E-state index in [9.17, 15) is 0 Å². The third kappa shape index (κ3) is 2.41. The zero-order valence-electron chi connectivity index (χ0n) is 11.8. The normalized spacial score (nSPS) is 19.2. The Morgan fingerprint density at radius 2 is 2.15 bits per heavy atom. The third-order valence-electron chi connectivity index (χ3n) is 4.41. The number of likely N-dealkylation sites (tertiary alicyclic amines) is 1. The smallest absolute Gasteiger partial charge is 0.137 e. The Balaban J connectivity index is 1.66. The van der Waals surface area contributed by atoms with Gasteiger partial charge in [-0.2, -0.15) is 0 Å². The molecular weight excluding hydrogens is 250 g/mol. The van der Waals surface area contributed by atoms with E-state index in [4.69, 9.17) is 11.1 Å². The van der Waals surface area contributed by atoms with Crippen LogP contribution in [0.4, 0.5) is 0 Å². The van der Waals surface area contributed by atoms with Crippen molar-refractivity contribution in [2.24, 2.45) is 11.1 Å². The van der Waals surface area contributed by atoms with E-state index >= 15 is 0 Å². The van der Waals surface area contributed by atoms with Gasteiger partial charge in [0.2, 0.25) is 0 Å². The van der Waals surface area contributed by atoms with Gasteiger partial charge in [0.15, 0.2) is 0 Å². The molecule has 1 aliphatic rings. The Bertz CT molecular complexity index is 589. The average molecular weight is 271 g/mol. The van der Waals surface area contributed by atoms with Crippen LogP contribution in [0.5, 0.6) is 0 Å². The number of aromatic nitrogens is 2. The molecule has 3 N–H and O–H groups in total. The molecule has 3 heterocycles. The van der Waals surface area contributed by atoms with Gasteiger partial charge in [0.25, 0.3) is 0 Å². The number of imidazole rings is 1. The predicted molar refractivity (Wildman–Crippen MR) is 79.7 cm³/mol. The van der Waals surface area contributed by atoms with Crippen molar-refractivity contribution < 1.29 is 0 Å². The van der Waals surface area contributed by atoms with Gasteiger partial charge in [-0.05, 0) is 38.1 Å². The minimum Gasteiger partial charge on any atom is -0.387 e. The second kappa shape index (κ2) is 4.90. The van der Waals surface area contributed by atoms with Crippen LogP contribution in [0.3, 0.4) is 0 Å². The first-order chi connectivity index (χ1) is 9.57. The van der Waals surface area contributed by atoms with Crippen LogP contribution in [0.2, 0.25) is 0 Å². The molecule has 0 aliphatic carbocycles. The second-order valence-corrected chi connectivity index (χ2v) is 5.95. The number of pyridine rings is 1. The molecular formula is C15H21N5. The first kappa shape index (κ1) is 13.1. The van der Waals surface area contributed by atoms with Gasteiger partial charge < -0.3 is 10.1 Å². The summed E-state index contributed by atoms with van der Waals surface area (Å²) in [6.07, 6.45) is 6.02. The van der Waals surface area contributed by atoms with Crippen LogP contribution in [-0.4, -0.2) is 33.2 Å². The van der Waals surface area contributed by atoms with E-state index < -0.39 is 0 Å². The summed E-state index contributed by atoms with van der Waals surface area (Å²) in [7, 11) is 0. The number of hydrogen-bond acceptors (Lipinski definition) is 3. The standard InChI is InChI=1S/C15H21N5/c1-15(14(16)17)5-8-19(9-6-15)10-12-11-20-7-3-2-4-13(20)18-12/h2-4,7,11H,5-6,8-10H2,1H3,(H3,16,17). The summed E-state index contributed by atoms with van der Waals surface area (Å²) in [6.45, 7) is 4.92. The first-order valence-electron chi connectivity index (χ1n) is 7.06. The largest absolute Gasteiger partial charge is 0.387 e. The number of nitrogens with one attached hydrogen (secondary N) is 1. The van der Waals surface area contributed by atoms with Gasteiger partial charge in [0.05, 0.1) is 11.5 Å². The lowest BCUT2D eigenvalue weighted by Gasteiger charge is -2.38. The molecule has 1 saturated heterocycles. The lowest BCUT2D eigenvalue weighted by molar-refractivity contribution is 0.154.